The molecule has 5 N–H and O–H groups in total. The fourth-order valence-corrected chi connectivity index (χ4v) is 5.97. The molecule has 27 heavy (non-hydrogen) atoms. The van der Waals surface area contributed by atoms with Crippen molar-refractivity contribution in [3.05, 3.63) is 34.7 Å². The first-order chi connectivity index (χ1) is 12.9. The molecular formula is C18H26N4O3S2. The fraction of sp³-hybridized carbons (Fsp3) is 0.556. The number of ether oxygens (including phenoxy) is 1. The summed E-state index contributed by atoms with van der Waals surface area (Å²) in [7, 11) is -3.62. The molecule has 0 saturated heterocycles. The van der Waals surface area contributed by atoms with Gasteiger partial charge in [-0.3, -0.25) is 0 Å². The maximum absolute atomic E-state index is 11.1. The molecule has 1 saturated carbocycles. The monoisotopic (exact) mass is 410 g/mol. The molecule has 0 bridgehead atoms. The number of hydrogen-bond acceptors (Lipinski definition) is 6. The minimum absolute atomic E-state index is 0.0785. The number of hydrogen-bond donors (Lipinski definition) is 3. The Kier molecular flexibility index (Phi) is 5.39. The van der Waals surface area contributed by atoms with Crippen molar-refractivity contribution in [2.24, 2.45) is 16.8 Å². The Labute approximate surface area is 164 Å². The Hall–Kier alpha value is -1.26. The first-order valence-electron chi connectivity index (χ1n) is 9.35. The number of nitrogens with two attached hydrogens (primary N) is 2. The van der Waals surface area contributed by atoms with Crippen molar-refractivity contribution in [1.29, 1.82) is 0 Å². The van der Waals surface area contributed by atoms with E-state index in [4.69, 9.17) is 15.6 Å². The van der Waals surface area contributed by atoms with Crippen LogP contribution in [0, 0.1) is 5.92 Å². The molecule has 1 aliphatic carbocycles. The van der Waals surface area contributed by atoms with Gasteiger partial charge in [-0.25, -0.2) is 9.86 Å². The summed E-state index contributed by atoms with van der Waals surface area (Å²) < 4.78 is 30.6. The summed E-state index contributed by atoms with van der Waals surface area (Å²) in [6.45, 7) is 1.09. The van der Waals surface area contributed by atoms with E-state index in [-0.39, 0.29) is 5.50 Å². The highest BCUT2D eigenvalue weighted by molar-refractivity contribution is 8.04. The van der Waals surface area contributed by atoms with Crippen molar-refractivity contribution >= 4 is 27.7 Å². The molecule has 148 valence electrons. The van der Waals surface area contributed by atoms with Gasteiger partial charge in [0, 0.05) is 29.5 Å². The van der Waals surface area contributed by atoms with E-state index in [1.165, 1.54) is 10.6 Å². The van der Waals surface area contributed by atoms with Crippen molar-refractivity contribution in [2.45, 2.75) is 43.6 Å². The largest absolute Gasteiger partial charge is 0.493 e. The van der Waals surface area contributed by atoms with Gasteiger partial charge in [0.25, 0.3) is 10.2 Å². The van der Waals surface area contributed by atoms with Crippen LogP contribution in [-0.4, -0.2) is 38.0 Å². The van der Waals surface area contributed by atoms with E-state index >= 15 is 0 Å². The summed E-state index contributed by atoms with van der Waals surface area (Å²) >= 11 is 1.74. The molecule has 3 aliphatic rings. The molecule has 1 atom stereocenters. The quantitative estimate of drug-likeness (QED) is 0.698. The Morgan fingerprint density at radius 3 is 2.70 bits per heavy atom. The van der Waals surface area contributed by atoms with E-state index in [9.17, 15) is 8.42 Å². The van der Waals surface area contributed by atoms with Gasteiger partial charge in [-0.05, 0) is 43.7 Å². The van der Waals surface area contributed by atoms with Gasteiger partial charge in [0.1, 0.15) is 11.2 Å². The summed E-state index contributed by atoms with van der Waals surface area (Å²) in [6, 6.07) is 8.54. The highest BCUT2D eigenvalue weighted by Crippen LogP contribution is 2.49. The molecule has 0 spiro atoms. The summed E-state index contributed by atoms with van der Waals surface area (Å²) in [5.74, 6) is 1.25. The van der Waals surface area contributed by atoms with Gasteiger partial charge in [-0.1, -0.05) is 23.9 Å². The molecule has 0 radical (unpaired) electrons. The summed E-state index contributed by atoms with van der Waals surface area (Å²) in [5, 5.41) is 5.05. The zero-order valence-electron chi connectivity index (χ0n) is 15.1. The number of para-hydroxylation sites is 1. The summed E-state index contributed by atoms with van der Waals surface area (Å²) in [5.41, 5.74) is 8.80. The first kappa shape index (κ1) is 19.1. The lowest BCUT2D eigenvalue weighted by molar-refractivity contribution is 0.191. The SMILES string of the molecule is NC1SC2=C(c3ccccc3OCC2)N1C1CCC(CNS(N)(=O)=O)CC1. The second-order valence-corrected chi connectivity index (χ2v) is 9.94. The lowest BCUT2D eigenvalue weighted by Gasteiger charge is -2.39. The van der Waals surface area contributed by atoms with Crippen molar-refractivity contribution in [3.63, 3.8) is 0 Å². The number of nitrogens with one attached hydrogen (secondary N) is 1. The zero-order valence-corrected chi connectivity index (χ0v) is 16.8. The Morgan fingerprint density at radius 2 is 1.96 bits per heavy atom. The predicted octanol–water partition coefficient (Wildman–Crippen LogP) is 1.78. The second kappa shape index (κ2) is 7.63. The van der Waals surface area contributed by atoms with Crippen molar-refractivity contribution in [1.82, 2.24) is 9.62 Å². The van der Waals surface area contributed by atoms with E-state index in [0.29, 0.717) is 25.1 Å². The van der Waals surface area contributed by atoms with Gasteiger partial charge < -0.3 is 15.4 Å². The van der Waals surface area contributed by atoms with Crippen molar-refractivity contribution in [3.8, 4) is 5.75 Å². The third-order valence-electron chi connectivity index (χ3n) is 5.57. The summed E-state index contributed by atoms with van der Waals surface area (Å²) in [4.78, 5) is 3.68. The first-order valence-corrected chi connectivity index (χ1v) is 11.8. The lowest BCUT2D eigenvalue weighted by atomic mass is 9.85. The van der Waals surface area contributed by atoms with E-state index in [1.807, 2.05) is 18.2 Å². The maximum atomic E-state index is 11.1. The third-order valence-corrected chi connectivity index (χ3v) is 7.29. The van der Waals surface area contributed by atoms with Crippen LogP contribution in [0.4, 0.5) is 0 Å². The normalized spacial score (nSPS) is 28.4. The standard InChI is InChI=1S/C18H26N4O3S2/c19-18-22(13-7-5-12(6-8-13)11-21-27(20,23)24)17-14-3-1-2-4-15(14)25-10-9-16(17)26-18/h1-4,12-13,18,21H,5-11,19H2,(H2,20,23,24). The molecule has 0 aromatic heterocycles. The fourth-order valence-electron chi connectivity index (χ4n) is 4.29. The molecule has 1 unspecified atom stereocenters. The number of rotatable bonds is 4. The van der Waals surface area contributed by atoms with Crippen LogP contribution in [0.1, 0.15) is 37.7 Å². The average Bonchev–Trinajstić information content (AvgIpc) is 2.85. The Morgan fingerprint density at radius 1 is 1.22 bits per heavy atom. The van der Waals surface area contributed by atoms with Gasteiger partial charge in [-0.2, -0.15) is 8.42 Å². The molecule has 2 heterocycles. The molecule has 1 aromatic carbocycles. The maximum Gasteiger partial charge on any atom is 0.274 e. The van der Waals surface area contributed by atoms with E-state index in [0.717, 1.165) is 43.4 Å². The van der Waals surface area contributed by atoms with Crippen LogP contribution in [0.3, 0.4) is 0 Å². The molecule has 9 heteroatoms. The number of benzene rings is 1. The number of thioether (sulfide) groups is 1. The molecule has 1 aromatic rings. The van der Waals surface area contributed by atoms with Crippen LogP contribution < -0.4 is 20.3 Å². The second-order valence-electron chi connectivity index (χ2n) is 7.35. The van der Waals surface area contributed by atoms with Crippen molar-refractivity contribution < 1.29 is 13.2 Å². The van der Waals surface area contributed by atoms with Gasteiger partial charge in [0.05, 0.1) is 12.3 Å². The predicted molar refractivity (Wildman–Crippen MR) is 108 cm³/mol. The Balaban J connectivity index is 1.50. The van der Waals surface area contributed by atoms with Gasteiger partial charge >= 0.3 is 0 Å². The van der Waals surface area contributed by atoms with Crippen LogP contribution in [0.2, 0.25) is 0 Å². The van der Waals surface area contributed by atoms with E-state index in [2.05, 4.69) is 15.7 Å². The van der Waals surface area contributed by atoms with Gasteiger partial charge in [0.15, 0.2) is 0 Å². The topological polar surface area (TPSA) is 111 Å². The van der Waals surface area contributed by atoms with Gasteiger partial charge in [0.2, 0.25) is 0 Å². The molecule has 4 rings (SSSR count). The number of nitrogens with zero attached hydrogens (tertiary/aromatic N) is 1. The minimum atomic E-state index is -3.62. The highest BCUT2D eigenvalue weighted by atomic mass is 32.2. The zero-order chi connectivity index (χ0) is 19.0. The molecule has 2 aliphatic heterocycles. The van der Waals surface area contributed by atoms with Crippen LogP contribution >= 0.6 is 11.8 Å². The summed E-state index contributed by atoms with van der Waals surface area (Å²) in [6.07, 6.45) is 4.78. The molecule has 0 amide bonds. The van der Waals surface area contributed by atoms with E-state index < -0.39 is 10.2 Å². The highest BCUT2D eigenvalue weighted by Gasteiger charge is 2.39. The van der Waals surface area contributed by atoms with Crippen LogP contribution in [0.5, 0.6) is 5.75 Å². The van der Waals surface area contributed by atoms with Crippen molar-refractivity contribution in [2.75, 3.05) is 13.2 Å². The smallest absolute Gasteiger partial charge is 0.274 e. The lowest BCUT2D eigenvalue weighted by Crippen LogP contribution is -2.45. The molecular weight excluding hydrogens is 384 g/mol. The third kappa shape index (κ3) is 4.12. The number of fused-ring (bicyclic) bond motifs is 2. The minimum Gasteiger partial charge on any atom is -0.493 e. The average molecular weight is 411 g/mol. The van der Waals surface area contributed by atoms with Crippen LogP contribution in [0.15, 0.2) is 29.2 Å². The molecule has 7 nitrogen and oxygen atoms in total. The van der Waals surface area contributed by atoms with Gasteiger partial charge in [-0.15, -0.1) is 0 Å². The van der Waals surface area contributed by atoms with E-state index in [1.54, 1.807) is 11.8 Å². The molecule has 1 fully saturated rings. The van der Waals surface area contributed by atoms with Crippen LogP contribution in [0.25, 0.3) is 5.70 Å². The Bertz CT molecular complexity index is 835. The van der Waals surface area contributed by atoms with Crippen LogP contribution in [-0.2, 0) is 10.2 Å².